The summed E-state index contributed by atoms with van der Waals surface area (Å²) in [5.74, 6) is 2.23. The summed E-state index contributed by atoms with van der Waals surface area (Å²) < 4.78 is 4.66. The standard InChI is InChI=1S/C14H21NO2/c1-5-11-17-14(16)15-10-9-13(4)8-6-7-12(2)3/h1,7,9H,6,8,10-11H2,2-4H3,(H,15,16)/b13-9+. The number of carbonyl (C=O) groups excluding carboxylic acids is 1. The third-order valence-electron chi connectivity index (χ3n) is 2.07. The van der Waals surface area contributed by atoms with E-state index in [1.165, 1.54) is 11.1 Å². The minimum absolute atomic E-state index is 0.00903. The highest BCUT2D eigenvalue weighted by Crippen LogP contribution is 2.05. The monoisotopic (exact) mass is 235 g/mol. The molecular formula is C14H21NO2. The first kappa shape index (κ1) is 15.3. The van der Waals surface area contributed by atoms with Crippen LogP contribution in [0.1, 0.15) is 33.6 Å². The zero-order chi connectivity index (χ0) is 13.1. The van der Waals surface area contributed by atoms with E-state index >= 15 is 0 Å². The first-order valence-electron chi connectivity index (χ1n) is 5.69. The Hall–Kier alpha value is -1.69. The van der Waals surface area contributed by atoms with Gasteiger partial charge in [0.25, 0.3) is 0 Å². The second kappa shape index (κ2) is 9.53. The van der Waals surface area contributed by atoms with Gasteiger partial charge in [-0.25, -0.2) is 4.79 Å². The van der Waals surface area contributed by atoms with Gasteiger partial charge in [0, 0.05) is 6.54 Å². The molecule has 0 aliphatic rings. The predicted molar refractivity (Wildman–Crippen MR) is 70.6 cm³/mol. The lowest BCUT2D eigenvalue weighted by Gasteiger charge is -2.03. The van der Waals surface area contributed by atoms with Gasteiger partial charge < -0.3 is 10.1 Å². The molecule has 1 N–H and O–H groups in total. The van der Waals surface area contributed by atoms with Crippen LogP contribution in [0.5, 0.6) is 0 Å². The summed E-state index contributed by atoms with van der Waals surface area (Å²) in [6.45, 7) is 6.70. The van der Waals surface area contributed by atoms with Gasteiger partial charge in [0.1, 0.15) is 0 Å². The molecule has 0 saturated carbocycles. The van der Waals surface area contributed by atoms with Crippen molar-refractivity contribution in [2.24, 2.45) is 0 Å². The van der Waals surface area contributed by atoms with Gasteiger partial charge in [0.15, 0.2) is 6.61 Å². The largest absolute Gasteiger partial charge is 0.436 e. The van der Waals surface area contributed by atoms with E-state index in [0.29, 0.717) is 6.54 Å². The molecule has 3 nitrogen and oxygen atoms in total. The summed E-state index contributed by atoms with van der Waals surface area (Å²) >= 11 is 0. The molecule has 0 aliphatic heterocycles. The minimum Gasteiger partial charge on any atom is -0.436 e. The molecule has 0 aromatic carbocycles. The van der Waals surface area contributed by atoms with E-state index in [-0.39, 0.29) is 6.61 Å². The number of amides is 1. The third-order valence-corrected chi connectivity index (χ3v) is 2.07. The van der Waals surface area contributed by atoms with Gasteiger partial charge in [0.05, 0.1) is 0 Å². The van der Waals surface area contributed by atoms with Crippen LogP contribution in [-0.2, 0) is 4.74 Å². The molecule has 0 heterocycles. The predicted octanol–water partition coefficient (Wildman–Crippen LogP) is 3.04. The summed E-state index contributed by atoms with van der Waals surface area (Å²) in [6, 6.07) is 0. The Bertz CT molecular complexity index is 331. The molecule has 3 heteroatoms. The lowest BCUT2D eigenvalue weighted by atomic mass is 10.1. The van der Waals surface area contributed by atoms with Crippen molar-refractivity contribution in [2.45, 2.75) is 33.6 Å². The van der Waals surface area contributed by atoms with E-state index in [9.17, 15) is 4.79 Å². The normalized spacial score (nSPS) is 10.4. The number of alkyl carbamates (subject to hydrolysis) is 1. The molecule has 0 aromatic rings. The molecule has 0 aliphatic carbocycles. The van der Waals surface area contributed by atoms with E-state index in [1.807, 2.05) is 13.0 Å². The van der Waals surface area contributed by atoms with Crippen LogP contribution in [0.15, 0.2) is 23.3 Å². The van der Waals surface area contributed by atoms with Crippen LogP contribution >= 0.6 is 0 Å². The van der Waals surface area contributed by atoms with Crippen molar-refractivity contribution < 1.29 is 9.53 Å². The quantitative estimate of drug-likeness (QED) is 0.567. The van der Waals surface area contributed by atoms with Crippen LogP contribution < -0.4 is 5.32 Å². The summed E-state index contributed by atoms with van der Waals surface area (Å²) in [7, 11) is 0. The van der Waals surface area contributed by atoms with Crippen LogP contribution in [0.2, 0.25) is 0 Å². The lowest BCUT2D eigenvalue weighted by molar-refractivity contribution is 0.161. The van der Waals surface area contributed by atoms with Gasteiger partial charge in [-0.05, 0) is 33.6 Å². The zero-order valence-electron chi connectivity index (χ0n) is 10.9. The Balaban J connectivity index is 3.73. The summed E-state index contributed by atoms with van der Waals surface area (Å²) in [4.78, 5) is 11.0. The van der Waals surface area contributed by atoms with E-state index in [4.69, 9.17) is 6.42 Å². The Morgan fingerprint density at radius 3 is 2.65 bits per heavy atom. The average Bonchev–Trinajstić information content (AvgIpc) is 2.25. The number of rotatable bonds is 6. The van der Waals surface area contributed by atoms with Gasteiger partial charge in [-0.3, -0.25) is 0 Å². The minimum atomic E-state index is -0.476. The van der Waals surface area contributed by atoms with Gasteiger partial charge in [-0.2, -0.15) is 0 Å². The number of hydrogen-bond donors (Lipinski definition) is 1. The molecule has 0 radical (unpaired) electrons. The highest BCUT2D eigenvalue weighted by atomic mass is 16.5. The third kappa shape index (κ3) is 10.6. The van der Waals surface area contributed by atoms with Crippen molar-refractivity contribution in [3.63, 3.8) is 0 Å². The molecule has 0 unspecified atom stereocenters. The van der Waals surface area contributed by atoms with Crippen LogP contribution in [0, 0.1) is 12.3 Å². The van der Waals surface area contributed by atoms with Gasteiger partial charge in [0.2, 0.25) is 0 Å². The van der Waals surface area contributed by atoms with E-state index in [0.717, 1.165) is 12.8 Å². The van der Waals surface area contributed by atoms with Gasteiger partial charge >= 0.3 is 6.09 Å². The first-order chi connectivity index (χ1) is 8.06. The van der Waals surface area contributed by atoms with Crippen molar-refractivity contribution in [2.75, 3.05) is 13.2 Å². The highest BCUT2D eigenvalue weighted by Gasteiger charge is 1.97. The smallest absolute Gasteiger partial charge is 0.408 e. The maximum absolute atomic E-state index is 11.0. The van der Waals surface area contributed by atoms with E-state index in [1.54, 1.807) is 0 Å². The molecule has 0 fully saturated rings. The van der Waals surface area contributed by atoms with E-state index < -0.39 is 6.09 Å². The molecule has 0 saturated heterocycles. The van der Waals surface area contributed by atoms with Crippen molar-refractivity contribution in [3.05, 3.63) is 23.3 Å². The molecular weight excluding hydrogens is 214 g/mol. The zero-order valence-corrected chi connectivity index (χ0v) is 10.9. The number of nitrogens with one attached hydrogen (secondary N) is 1. The molecule has 0 spiro atoms. The number of hydrogen-bond acceptors (Lipinski definition) is 2. The summed E-state index contributed by atoms with van der Waals surface area (Å²) in [5.41, 5.74) is 2.58. The Morgan fingerprint density at radius 2 is 2.06 bits per heavy atom. The first-order valence-corrected chi connectivity index (χ1v) is 5.69. The second-order valence-electron chi connectivity index (χ2n) is 4.03. The molecule has 0 atom stereocenters. The van der Waals surface area contributed by atoms with Gasteiger partial charge in [-0.15, -0.1) is 6.42 Å². The fraction of sp³-hybridized carbons (Fsp3) is 0.500. The van der Waals surface area contributed by atoms with Crippen molar-refractivity contribution in [1.82, 2.24) is 5.32 Å². The summed E-state index contributed by atoms with van der Waals surface area (Å²) in [6.07, 6.45) is 10.7. The number of ether oxygens (including phenoxy) is 1. The Morgan fingerprint density at radius 1 is 1.35 bits per heavy atom. The number of terminal acetylenes is 1. The molecule has 0 rings (SSSR count). The van der Waals surface area contributed by atoms with Crippen LogP contribution in [0.4, 0.5) is 4.79 Å². The van der Waals surface area contributed by atoms with Crippen molar-refractivity contribution in [1.29, 1.82) is 0 Å². The fourth-order valence-corrected chi connectivity index (χ4v) is 1.16. The number of carbonyl (C=O) groups is 1. The Kier molecular flexibility index (Phi) is 8.58. The van der Waals surface area contributed by atoms with Crippen LogP contribution in [0.25, 0.3) is 0 Å². The van der Waals surface area contributed by atoms with E-state index in [2.05, 4.69) is 35.9 Å². The molecule has 0 bridgehead atoms. The average molecular weight is 235 g/mol. The van der Waals surface area contributed by atoms with Crippen molar-refractivity contribution in [3.8, 4) is 12.3 Å². The van der Waals surface area contributed by atoms with Crippen LogP contribution in [0.3, 0.4) is 0 Å². The van der Waals surface area contributed by atoms with Gasteiger partial charge in [-0.1, -0.05) is 29.2 Å². The summed E-state index contributed by atoms with van der Waals surface area (Å²) in [5, 5.41) is 2.60. The molecule has 17 heavy (non-hydrogen) atoms. The number of allylic oxidation sites excluding steroid dienone is 3. The maximum Gasteiger partial charge on any atom is 0.408 e. The fourth-order valence-electron chi connectivity index (χ4n) is 1.16. The molecule has 94 valence electrons. The highest BCUT2D eigenvalue weighted by molar-refractivity contribution is 5.67. The SMILES string of the molecule is C#CCOC(=O)NC/C=C(\C)CCC=C(C)C. The second-order valence-corrected chi connectivity index (χ2v) is 4.03. The molecule has 1 amide bonds. The maximum atomic E-state index is 11.0. The van der Waals surface area contributed by atoms with Crippen molar-refractivity contribution >= 4 is 6.09 Å². The Labute approximate surface area is 104 Å². The van der Waals surface area contributed by atoms with Crippen LogP contribution in [-0.4, -0.2) is 19.2 Å². The lowest BCUT2D eigenvalue weighted by Crippen LogP contribution is -2.24. The topological polar surface area (TPSA) is 38.3 Å². The molecule has 0 aromatic heterocycles.